The van der Waals surface area contributed by atoms with Crippen molar-refractivity contribution in [3.63, 3.8) is 0 Å². The second-order valence-electron chi connectivity index (χ2n) is 5.51. The van der Waals surface area contributed by atoms with E-state index in [1.165, 1.54) is 0 Å². The van der Waals surface area contributed by atoms with Crippen molar-refractivity contribution in [3.05, 3.63) is 48.3 Å². The Bertz CT molecular complexity index is 657. The summed E-state index contributed by atoms with van der Waals surface area (Å²) in [5.74, 6) is 1.28. The van der Waals surface area contributed by atoms with E-state index in [2.05, 4.69) is 15.6 Å². The summed E-state index contributed by atoms with van der Waals surface area (Å²) in [6.45, 7) is 4.85. The number of benzene rings is 1. The lowest BCUT2D eigenvalue weighted by molar-refractivity contribution is 0.0942. The molecule has 6 heteroatoms. The zero-order chi connectivity index (χ0) is 17.4. The summed E-state index contributed by atoms with van der Waals surface area (Å²) in [5, 5.41) is 6.04. The largest absolute Gasteiger partial charge is 0.497 e. The van der Waals surface area contributed by atoms with E-state index in [0.29, 0.717) is 24.9 Å². The van der Waals surface area contributed by atoms with Crippen molar-refractivity contribution in [2.24, 2.45) is 0 Å². The topological polar surface area (TPSA) is 72.5 Å². The quantitative estimate of drug-likeness (QED) is 0.729. The number of hydrogen-bond donors (Lipinski definition) is 2. The molecule has 1 aromatic heterocycles. The Balaban J connectivity index is 1.78. The highest BCUT2D eigenvalue weighted by atomic mass is 16.5. The second kappa shape index (κ2) is 8.76. The number of pyridine rings is 1. The molecule has 0 saturated heterocycles. The molecule has 2 N–H and O–H groups in total. The van der Waals surface area contributed by atoms with Crippen molar-refractivity contribution in [2.75, 3.05) is 25.6 Å². The molecule has 1 aromatic carbocycles. The van der Waals surface area contributed by atoms with Gasteiger partial charge in [-0.05, 0) is 50.2 Å². The first-order chi connectivity index (χ1) is 11.6. The number of carbonyl (C=O) groups is 1. The van der Waals surface area contributed by atoms with E-state index in [1.807, 2.05) is 44.2 Å². The lowest BCUT2D eigenvalue weighted by Gasteiger charge is -2.11. The number of carbonyl (C=O) groups excluding carboxylic acids is 1. The highest BCUT2D eigenvalue weighted by Crippen LogP contribution is 2.16. The van der Waals surface area contributed by atoms with Gasteiger partial charge in [0.1, 0.15) is 23.8 Å². The maximum Gasteiger partial charge on any atom is 0.270 e. The fourth-order valence-electron chi connectivity index (χ4n) is 2.07. The third-order valence-electron chi connectivity index (χ3n) is 3.16. The molecule has 0 radical (unpaired) electrons. The number of aromatic nitrogens is 1. The number of anilines is 1. The number of nitrogens with zero attached hydrogens (tertiary/aromatic N) is 1. The van der Waals surface area contributed by atoms with E-state index in [9.17, 15) is 4.79 Å². The Morgan fingerprint density at radius 2 is 1.88 bits per heavy atom. The fourth-order valence-corrected chi connectivity index (χ4v) is 2.07. The molecule has 0 fully saturated rings. The Hall–Kier alpha value is -2.76. The van der Waals surface area contributed by atoms with Gasteiger partial charge < -0.3 is 20.1 Å². The summed E-state index contributed by atoms with van der Waals surface area (Å²) in [5.41, 5.74) is 1.25. The normalized spacial score (nSPS) is 10.3. The van der Waals surface area contributed by atoms with Gasteiger partial charge in [0.25, 0.3) is 5.91 Å². The highest BCUT2D eigenvalue weighted by molar-refractivity contribution is 5.93. The van der Waals surface area contributed by atoms with Crippen LogP contribution in [0.4, 0.5) is 5.69 Å². The van der Waals surface area contributed by atoms with E-state index in [4.69, 9.17) is 9.47 Å². The maximum absolute atomic E-state index is 12.1. The van der Waals surface area contributed by atoms with Crippen molar-refractivity contribution in [1.29, 1.82) is 0 Å². The van der Waals surface area contributed by atoms with E-state index < -0.39 is 0 Å². The summed E-state index contributed by atoms with van der Waals surface area (Å²) in [7, 11) is 1.62. The van der Waals surface area contributed by atoms with Gasteiger partial charge in [0.2, 0.25) is 0 Å². The van der Waals surface area contributed by atoms with Crippen molar-refractivity contribution < 1.29 is 14.3 Å². The predicted octanol–water partition coefficient (Wildman–Crippen LogP) is 2.72. The molecule has 0 saturated carbocycles. The highest BCUT2D eigenvalue weighted by Gasteiger charge is 2.08. The molecule has 0 aliphatic rings. The third-order valence-corrected chi connectivity index (χ3v) is 3.16. The average molecular weight is 329 g/mol. The second-order valence-corrected chi connectivity index (χ2v) is 5.51. The zero-order valence-electron chi connectivity index (χ0n) is 14.2. The van der Waals surface area contributed by atoms with Crippen LogP contribution in [0.15, 0.2) is 42.6 Å². The van der Waals surface area contributed by atoms with Gasteiger partial charge in [-0.25, -0.2) is 0 Å². The molecule has 0 atom stereocenters. The average Bonchev–Trinajstić information content (AvgIpc) is 2.58. The van der Waals surface area contributed by atoms with Crippen molar-refractivity contribution in [1.82, 2.24) is 10.3 Å². The first kappa shape index (κ1) is 17.6. The van der Waals surface area contributed by atoms with Gasteiger partial charge in [-0.2, -0.15) is 0 Å². The summed E-state index contributed by atoms with van der Waals surface area (Å²) in [4.78, 5) is 16.2. The Labute approximate surface area is 142 Å². The van der Waals surface area contributed by atoms with E-state index in [-0.39, 0.29) is 5.91 Å². The maximum atomic E-state index is 12.1. The molecule has 1 heterocycles. The van der Waals surface area contributed by atoms with Crippen LogP contribution in [-0.4, -0.2) is 37.2 Å². The zero-order valence-corrected chi connectivity index (χ0v) is 14.2. The van der Waals surface area contributed by atoms with Gasteiger partial charge in [-0.1, -0.05) is 0 Å². The molecule has 2 rings (SSSR count). The van der Waals surface area contributed by atoms with Crippen molar-refractivity contribution in [2.45, 2.75) is 19.9 Å². The van der Waals surface area contributed by atoms with Crippen molar-refractivity contribution in [3.8, 4) is 11.5 Å². The van der Waals surface area contributed by atoms with Crippen LogP contribution in [0.3, 0.4) is 0 Å². The van der Waals surface area contributed by atoms with Crippen LogP contribution in [0.1, 0.15) is 24.3 Å². The Kier molecular flexibility index (Phi) is 6.42. The fraction of sp³-hybridized carbons (Fsp3) is 0.333. The van der Waals surface area contributed by atoms with Crippen LogP contribution < -0.4 is 20.1 Å². The van der Waals surface area contributed by atoms with Gasteiger partial charge in [0.05, 0.1) is 13.7 Å². The van der Waals surface area contributed by atoms with Crippen LogP contribution in [0.2, 0.25) is 0 Å². The van der Waals surface area contributed by atoms with Crippen LogP contribution >= 0.6 is 0 Å². The monoisotopic (exact) mass is 329 g/mol. The first-order valence-electron chi connectivity index (χ1n) is 7.86. The number of hydrogen-bond acceptors (Lipinski definition) is 5. The first-order valence-corrected chi connectivity index (χ1v) is 7.86. The van der Waals surface area contributed by atoms with Gasteiger partial charge >= 0.3 is 0 Å². The van der Waals surface area contributed by atoms with E-state index in [1.54, 1.807) is 19.4 Å². The number of nitrogens with one attached hydrogen (secondary N) is 2. The van der Waals surface area contributed by atoms with Crippen LogP contribution in [-0.2, 0) is 0 Å². The molecule has 0 spiro atoms. The number of methoxy groups -OCH3 is 1. The lowest BCUT2D eigenvalue weighted by atomic mass is 10.2. The number of ether oxygens (including phenoxy) is 2. The molecule has 0 aliphatic heterocycles. The van der Waals surface area contributed by atoms with Gasteiger partial charge in [0.15, 0.2) is 0 Å². The van der Waals surface area contributed by atoms with Crippen LogP contribution in [0.25, 0.3) is 0 Å². The third kappa shape index (κ3) is 5.46. The molecule has 0 aliphatic carbocycles. The standard InChI is InChI=1S/C18H23N3O3/c1-13(2)21-14-8-9-19-17(12-14)18(22)20-10-11-24-16-6-4-15(23-3)5-7-16/h4-9,12-13H,10-11H2,1-3H3,(H,19,21)(H,20,22). The lowest BCUT2D eigenvalue weighted by Crippen LogP contribution is -2.28. The number of amides is 1. The van der Waals surface area contributed by atoms with Crippen LogP contribution in [0.5, 0.6) is 11.5 Å². The molecule has 128 valence electrons. The van der Waals surface area contributed by atoms with Crippen molar-refractivity contribution >= 4 is 11.6 Å². The van der Waals surface area contributed by atoms with Gasteiger partial charge in [0, 0.05) is 17.9 Å². The SMILES string of the molecule is COc1ccc(OCCNC(=O)c2cc(NC(C)C)ccn2)cc1. The Morgan fingerprint density at radius 3 is 2.54 bits per heavy atom. The van der Waals surface area contributed by atoms with E-state index in [0.717, 1.165) is 17.2 Å². The minimum absolute atomic E-state index is 0.222. The summed E-state index contributed by atoms with van der Waals surface area (Å²) >= 11 is 0. The summed E-state index contributed by atoms with van der Waals surface area (Å²) < 4.78 is 10.6. The molecule has 1 amide bonds. The number of rotatable bonds is 8. The molecule has 0 bridgehead atoms. The minimum atomic E-state index is -0.222. The summed E-state index contributed by atoms with van der Waals surface area (Å²) in [6.07, 6.45) is 1.62. The minimum Gasteiger partial charge on any atom is -0.497 e. The molecule has 2 aromatic rings. The van der Waals surface area contributed by atoms with Gasteiger partial charge in [-0.15, -0.1) is 0 Å². The molecule has 24 heavy (non-hydrogen) atoms. The molecular formula is C18H23N3O3. The van der Waals surface area contributed by atoms with Crippen LogP contribution in [0, 0.1) is 0 Å². The predicted molar refractivity (Wildman–Crippen MR) is 93.8 cm³/mol. The van der Waals surface area contributed by atoms with Gasteiger partial charge in [-0.3, -0.25) is 9.78 Å². The smallest absolute Gasteiger partial charge is 0.270 e. The molecule has 6 nitrogen and oxygen atoms in total. The Morgan fingerprint density at radius 1 is 1.17 bits per heavy atom. The molecule has 0 unspecified atom stereocenters. The molecular weight excluding hydrogens is 306 g/mol. The summed E-state index contributed by atoms with van der Waals surface area (Å²) in [6, 6.07) is 11.2. The van der Waals surface area contributed by atoms with E-state index >= 15 is 0 Å².